The van der Waals surface area contributed by atoms with Crippen LogP contribution in [0.3, 0.4) is 0 Å². The van der Waals surface area contributed by atoms with Gasteiger partial charge in [-0.15, -0.1) is 0 Å². The summed E-state index contributed by atoms with van der Waals surface area (Å²) in [6.07, 6.45) is 0. The predicted octanol–water partition coefficient (Wildman–Crippen LogP) is 4.98. The Morgan fingerprint density at radius 2 is 1.55 bits per heavy atom. The SMILES string of the molecule is CCn1c(=S)[nH]c2cc(C(=O)Nc3cccc(NC(=O)Nc4ccccc4)c3)ccc2c1=O. The van der Waals surface area contributed by atoms with Gasteiger partial charge >= 0.3 is 6.03 Å². The summed E-state index contributed by atoms with van der Waals surface area (Å²) >= 11 is 5.24. The molecule has 1 heterocycles. The Labute approximate surface area is 194 Å². The van der Waals surface area contributed by atoms with Crippen molar-refractivity contribution in [3.8, 4) is 0 Å². The van der Waals surface area contributed by atoms with Gasteiger partial charge in [-0.2, -0.15) is 0 Å². The van der Waals surface area contributed by atoms with Crippen molar-refractivity contribution in [2.24, 2.45) is 0 Å². The van der Waals surface area contributed by atoms with Crippen LogP contribution < -0.4 is 21.5 Å². The molecule has 0 atom stereocenters. The quantitative estimate of drug-likeness (QED) is 0.316. The third-order valence-electron chi connectivity index (χ3n) is 4.97. The third-order valence-corrected chi connectivity index (χ3v) is 5.29. The average Bonchev–Trinajstić information content (AvgIpc) is 2.79. The Hall–Kier alpha value is -4.24. The number of carbonyl (C=O) groups is 2. The largest absolute Gasteiger partial charge is 0.332 e. The van der Waals surface area contributed by atoms with E-state index in [-0.39, 0.29) is 11.5 Å². The molecule has 0 aliphatic carbocycles. The van der Waals surface area contributed by atoms with Gasteiger partial charge in [0.2, 0.25) is 0 Å². The second-order valence-corrected chi connectivity index (χ2v) is 7.61. The molecule has 0 saturated heterocycles. The van der Waals surface area contributed by atoms with Gasteiger partial charge in [-0.3, -0.25) is 14.2 Å². The van der Waals surface area contributed by atoms with Gasteiger partial charge in [0.05, 0.1) is 10.9 Å². The van der Waals surface area contributed by atoms with Crippen LogP contribution in [0.4, 0.5) is 21.9 Å². The van der Waals surface area contributed by atoms with Crippen LogP contribution in [0, 0.1) is 4.77 Å². The molecule has 1 aromatic heterocycles. The van der Waals surface area contributed by atoms with Gasteiger partial charge in [0.15, 0.2) is 4.77 Å². The fraction of sp³-hybridized carbons (Fsp3) is 0.0833. The van der Waals surface area contributed by atoms with E-state index in [1.54, 1.807) is 54.6 Å². The molecule has 8 nitrogen and oxygen atoms in total. The summed E-state index contributed by atoms with van der Waals surface area (Å²) < 4.78 is 1.77. The number of para-hydroxylation sites is 1. The first-order valence-electron chi connectivity index (χ1n) is 10.3. The Morgan fingerprint density at radius 1 is 0.879 bits per heavy atom. The van der Waals surface area contributed by atoms with Crippen molar-refractivity contribution < 1.29 is 9.59 Å². The highest BCUT2D eigenvalue weighted by Crippen LogP contribution is 2.18. The highest BCUT2D eigenvalue weighted by atomic mass is 32.1. The summed E-state index contributed by atoms with van der Waals surface area (Å²) in [6.45, 7) is 2.30. The molecule has 0 radical (unpaired) electrons. The van der Waals surface area contributed by atoms with Crippen LogP contribution in [0.2, 0.25) is 0 Å². The molecule has 4 aromatic rings. The number of aromatic nitrogens is 2. The maximum Gasteiger partial charge on any atom is 0.323 e. The smallest absolute Gasteiger partial charge is 0.323 e. The number of hydrogen-bond donors (Lipinski definition) is 4. The zero-order chi connectivity index (χ0) is 23.4. The zero-order valence-electron chi connectivity index (χ0n) is 17.7. The summed E-state index contributed by atoms with van der Waals surface area (Å²) in [6, 6.07) is 20.3. The number of fused-ring (bicyclic) bond motifs is 1. The topological polar surface area (TPSA) is 108 Å². The lowest BCUT2D eigenvalue weighted by Crippen LogP contribution is -2.21. The number of H-pyrrole nitrogens is 1. The Kier molecular flexibility index (Phi) is 6.32. The van der Waals surface area contributed by atoms with E-state index in [0.717, 1.165) is 0 Å². The minimum atomic E-state index is -0.396. The van der Waals surface area contributed by atoms with Crippen molar-refractivity contribution >= 4 is 52.1 Å². The Bertz CT molecular complexity index is 1460. The van der Waals surface area contributed by atoms with Crippen LogP contribution in [-0.2, 0) is 6.54 Å². The van der Waals surface area contributed by atoms with Crippen molar-refractivity contribution in [1.82, 2.24) is 9.55 Å². The van der Waals surface area contributed by atoms with E-state index >= 15 is 0 Å². The van der Waals surface area contributed by atoms with Gasteiger partial charge in [-0.25, -0.2) is 4.79 Å². The average molecular weight is 460 g/mol. The maximum absolute atomic E-state index is 12.8. The summed E-state index contributed by atoms with van der Waals surface area (Å²) in [5, 5.41) is 8.73. The van der Waals surface area contributed by atoms with E-state index in [9.17, 15) is 14.4 Å². The van der Waals surface area contributed by atoms with Crippen molar-refractivity contribution in [1.29, 1.82) is 0 Å². The number of hydrogen-bond acceptors (Lipinski definition) is 4. The molecule has 0 aliphatic rings. The first kappa shape index (κ1) is 22.0. The van der Waals surface area contributed by atoms with Gasteiger partial charge in [0.1, 0.15) is 0 Å². The summed E-state index contributed by atoms with van der Waals surface area (Å²) in [5.41, 5.74) is 2.35. The number of urea groups is 1. The number of benzene rings is 3. The fourth-order valence-electron chi connectivity index (χ4n) is 3.38. The monoisotopic (exact) mass is 459 g/mol. The minimum absolute atomic E-state index is 0.198. The van der Waals surface area contributed by atoms with Crippen molar-refractivity contribution in [3.63, 3.8) is 0 Å². The summed E-state index contributed by atoms with van der Waals surface area (Å²) in [5.74, 6) is -0.359. The van der Waals surface area contributed by atoms with Crippen LogP contribution in [0.15, 0.2) is 77.6 Å². The standard InChI is InChI=1S/C24H21N5O3S/c1-2-29-22(31)19-12-11-15(13-20(19)28-24(29)33)21(30)25-17-9-6-10-18(14-17)27-23(32)26-16-7-4-3-5-8-16/h3-14H,2H2,1H3,(H,25,30)(H,28,33)(H2,26,27,32). The van der Waals surface area contributed by atoms with Crippen molar-refractivity contribution in [2.75, 3.05) is 16.0 Å². The predicted molar refractivity (Wildman–Crippen MR) is 133 cm³/mol. The number of nitrogens with one attached hydrogen (secondary N) is 4. The molecule has 3 aromatic carbocycles. The Morgan fingerprint density at radius 3 is 2.27 bits per heavy atom. The van der Waals surface area contributed by atoms with Gasteiger partial charge in [-0.05, 0) is 67.7 Å². The van der Waals surface area contributed by atoms with E-state index in [1.807, 2.05) is 25.1 Å². The highest BCUT2D eigenvalue weighted by molar-refractivity contribution is 7.71. The molecule has 0 bridgehead atoms. The van der Waals surface area contributed by atoms with Crippen LogP contribution in [-0.4, -0.2) is 21.5 Å². The number of anilines is 3. The number of nitrogens with zero attached hydrogens (tertiary/aromatic N) is 1. The lowest BCUT2D eigenvalue weighted by atomic mass is 10.1. The second kappa shape index (κ2) is 9.49. The Balaban J connectivity index is 1.49. The van der Waals surface area contributed by atoms with E-state index < -0.39 is 6.03 Å². The molecular weight excluding hydrogens is 438 g/mol. The van der Waals surface area contributed by atoms with Crippen LogP contribution in [0.5, 0.6) is 0 Å². The first-order valence-corrected chi connectivity index (χ1v) is 10.7. The number of aromatic amines is 1. The van der Waals surface area contributed by atoms with Gasteiger partial charge in [0.25, 0.3) is 11.5 Å². The second-order valence-electron chi connectivity index (χ2n) is 7.22. The molecule has 166 valence electrons. The van der Waals surface area contributed by atoms with Crippen LogP contribution >= 0.6 is 12.2 Å². The highest BCUT2D eigenvalue weighted by Gasteiger charge is 2.11. The van der Waals surface area contributed by atoms with Gasteiger partial charge in [-0.1, -0.05) is 24.3 Å². The molecule has 4 rings (SSSR count). The van der Waals surface area contributed by atoms with E-state index in [1.165, 1.54) is 4.57 Å². The molecule has 4 N–H and O–H groups in total. The summed E-state index contributed by atoms with van der Waals surface area (Å²) in [4.78, 5) is 40.5. The summed E-state index contributed by atoms with van der Waals surface area (Å²) in [7, 11) is 0. The van der Waals surface area contributed by atoms with Crippen LogP contribution in [0.25, 0.3) is 10.9 Å². The lowest BCUT2D eigenvalue weighted by Gasteiger charge is -2.11. The molecule has 9 heteroatoms. The molecular formula is C24H21N5O3S. The van der Waals surface area contributed by atoms with Gasteiger partial charge < -0.3 is 20.9 Å². The molecule has 0 spiro atoms. The lowest BCUT2D eigenvalue weighted by molar-refractivity contribution is 0.102. The molecule has 0 aliphatic heterocycles. The van der Waals surface area contributed by atoms with E-state index in [4.69, 9.17) is 12.2 Å². The van der Waals surface area contributed by atoms with Crippen LogP contribution in [0.1, 0.15) is 17.3 Å². The van der Waals surface area contributed by atoms with Crippen molar-refractivity contribution in [3.05, 3.63) is 93.5 Å². The molecule has 3 amide bonds. The number of amides is 3. The number of rotatable bonds is 5. The van der Waals surface area contributed by atoms with Gasteiger partial charge in [0, 0.05) is 29.2 Å². The third kappa shape index (κ3) is 4.99. The molecule has 0 saturated carbocycles. The molecule has 0 fully saturated rings. The normalized spacial score (nSPS) is 10.6. The maximum atomic E-state index is 12.8. The fourth-order valence-corrected chi connectivity index (χ4v) is 3.70. The molecule has 0 unspecified atom stereocenters. The van der Waals surface area contributed by atoms with E-state index in [2.05, 4.69) is 20.9 Å². The zero-order valence-corrected chi connectivity index (χ0v) is 18.5. The van der Waals surface area contributed by atoms with E-state index in [0.29, 0.717) is 44.8 Å². The van der Waals surface area contributed by atoms with Crippen molar-refractivity contribution in [2.45, 2.75) is 13.5 Å². The minimum Gasteiger partial charge on any atom is -0.332 e. The first-order chi connectivity index (χ1) is 15.9. The number of carbonyl (C=O) groups excluding carboxylic acids is 2. The molecule has 33 heavy (non-hydrogen) atoms.